The number of hydrogen-bond donors (Lipinski definition) is 2. The fraction of sp³-hybridized carbons (Fsp3) is 0.167. The number of carbonyl (C=O) groups excluding carboxylic acids is 1. The summed E-state index contributed by atoms with van der Waals surface area (Å²) in [6, 6.07) is 5.62. The molecule has 0 saturated heterocycles. The highest BCUT2D eigenvalue weighted by Gasteiger charge is 2.10. The van der Waals surface area contributed by atoms with Gasteiger partial charge in [-0.3, -0.25) is 4.68 Å². The van der Waals surface area contributed by atoms with Gasteiger partial charge in [0.2, 0.25) is 11.9 Å². The molecule has 0 aliphatic carbocycles. The second-order valence-corrected chi connectivity index (χ2v) is 6.28. The number of benzene rings is 1. The van der Waals surface area contributed by atoms with E-state index in [4.69, 9.17) is 22.1 Å². The number of nitrogens with two attached hydrogens (primary N) is 1. The largest absolute Gasteiger partial charge is 0.454 e. The Kier molecular flexibility index (Phi) is 6.03. The zero-order valence-corrected chi connectivity index (χ0v) is 16.3. The maximum Gasteiger partial charge on any atom is 0.331 e. The quantitative estimate of drug-likeness (QED) is 0.464. The summed E-state index contributed by atoms with van der Waals surface area (Å²) in [5, 5.41) is 7.44. The molecule has 1 aromatic carbocycles. The Morgan fingerprint density at radius 2 is 2.03 bits per heavy atom. The summed E-state index contributed by atoms with van der Waals surface area (Å²) in [5.74, 6) is -0.739. The van der Waals surface area contributed by atoms with Gasteiger partial charge in [0.05, 0.1) is 5.69 Å². The molecule has 0 atom stereocenters. The Morgan fingerprint density at radius 3 is 2.69 bits per heavy atom. The van der Waals surface area contributed by atoms with E-state index in [2.05, 4.69) is 25.4 Å². The fourth-order valence-electron chi connectivity index (χ4n) is 2.39. The van der Waals surface area contributed by atoms with Crippen molar-refractivity contribution < 1.29 is 13.9 Å². The van der Waals surface area contributed by atoms with Gasteiger partial charge < -0.3 is 15.8 Å². The van der Waals surface area contributed by atoms with Gasteiger partial charge in [0.1, 0.15) is 11.0 Å². The van der Waals surface area contributed by atoms with Crippen LogP contribution in [0.3, 0.4) is 0 Å². The second kappa shape index (κ2) is 8.65. The third-order valence-corrected chi connectivity index (χ3v) is 4.17. The molecular weight excluding hydrogens is 401 g/mol. The molecule has 2 aromatic heterocycles. The molecule has 29 heavy (non-hydrogen) atoms. The number of nitrogen functional groups attached to an aromatic ring is 1. The maximum atomic E-state index is 13.0. The number of ether oxygens (including phenoxy) is 1. The summed E-state index contributed by atoms with van der Waals surface area (Å²) in [6.45, 7) is 1.56. The van der Waals surface area contributed by atoms with E-state index in [0.717, 1.165) is 0 Å². The lowest BCUT2D eigenvalue weighted by Gasteiger charge is -2.07. The topological polar surface area (TPSA) is 121 Å². The molecule has 0 unspecified atom stereocenters. The van der Waals surface area contributed by atoms with E-state index in [9.17, 15) is 9.18 Å². The van der Waals surface area contributed by atoms with Crippen LogP contribution in [0, 0.1) is 12.7 Å². The predicted octanol–water partition coefficient (Wildman–Crippen LogP) is 2.79. The molecule has 0 radical (unpaired) electrons. The van der Waals surface area contributed by atoms with Gasteiger partial charge in [-0.2, -0.15) is 20.1 Å². The molecule has 2 heterocycles. The van der Waals surface area contributed by atoms with Crippen molar-refractivity contribution in [2.45, 2.75) is 13.5 Å². The Morgan fingerprint density at radius 1 is 1.31 bits per heavy atom. The van der Waals surface area contributed by atoms with Crippen LogP contribution in [0.5, 0.6) is 0 Å². The van der Waals surface area contributed by atoms with Crippen molar-refractivity contribution in [2.75, 3.05) is 11.1 Å². The normalized spacial score (nSPS) is 11.0. The van der Waals surface area contributed by atoms with E-state index < -0.39 is 5.97 Å². The third kappa shape index (κ3) is 5.26. The molecule has 11 heteroatoms. The molecule has 0 fully saturated rings. The molecule has 0 amide bonds. The molecule has 0 saturated carbocycles. The van der Waals surface area contributed by atoms with E-state index in [1.165, 1.54) is 41.1 Å². The summed E-state index contributed by atoms with van der Waals surface area (Å²) in [7, 11) is 1.70. The van der Waals surface area contributed by atoms with Crippen LogP contribution in [-0.2, 0) is 23.2 Å². The van der Waals surface area contributed by atoms with Crippen LogP contribution in [0.2, 0.25) is 5.15 Å². The van der Waals surface area contributed by atoms with Gasteiger partial charge in [-0.1, -0.05) is 11.6 Å². The molecule has 150 valence electrons. The number of anilines is 3. The van der Waals surface area contributed by atoms with Gasteiger partial charge in [-0.25, -0.2) is 9.18 Å². The Balaban J connectivity index is 1.64. The number of carbonyl (C=O) groups is 1. The van der Waals surface area contributed by atoms with Gasteiger partial charge in [-0.15, -0.1) is 0 Å². The number of aromatic nitrogens is 5. The molecule has 0 aliphatic heterocycles. The minimum absolute atomic E-state index is 0.0519. The lowest BCUT2D eigenvalue weighted by Crippen LogP contribution is -2.10. The van der Waals surface area contributed by atoms with Gasteiger partial charge in [0.15, 0.2) is 12.4 Å². The van der Waals surface area contributed by atoms with Crippen molar-refractivity contribution in [1.82, 2.24) is 24.7 Å². The van der Waals surface area contributed by atoms with Crippen molar-refractivity contribution in [1.29, 1.82) is 0 Å². The summed E-state index contributed by atoms with van der Waals surface area (Å²) < 4.78 is 19.6. The molecule has 3 N–H and O–H groups in total. The molecular formula is C18H17ClFN7O2. The number of aryl methyl sites for hydroxylation is 2. The molecule has 3 rings (SSSR count). The van der Waals surface area contributed by atoms with E-state index in [0.29, 0.717) is 22.1 Å². The van der Waals surface area contributed by atoms with Crippen LogP contribution in [-0.4, -0.2) is 30.7 Å². The molecule has 0 spiro atoms. The monoisotopic (exact) mass is 417 g/mol. The van der Waals surface area contributed by atoms with Crippen LogP contribution >= 0.6 is 11.6 Å². The van der Waals surface area contributed by atoms with Gasteiger partial charge in [0.25, 0.3) is 0 Å². The molecule has 0 aliphatic rings. The van der Waals surface area contributed by atoms with Crippen LogP contribution < -0.4 is 11.1 Å². The predicted molar refractivity (Wildman–Crippen MR) is 106 cm³/mol. The van der Waals surface area contributed by atoms with E-state index in [1.54, 1.807) is 14.0 Å². The first kappa shape index (κ1) is 20.2. The zero-order chi connectivity index (χ0) is 21.0. The van der Waals surface area contributed by atoms with Crippen molar-refractivity contribution in [3.63, 3.8) is 0 Å². The minimum Gasteiger partial charge on any atom is -0.454 e. The van der Waals surface area contributed by atoms with Crippen LogP contribution in [0.25, 0.3) is 6.08 Å². The van der Waals surface area contributed by atoms with Crippen LogP contribution in [0.15, 0.2) is 30.3 Å². The van der Waals surface area contributed by atoms with Crippen LogP contribution in [0.4, 0.5) is 22.0 Å². The van der Waals surface area contributed by atoms with Gasteiger partial charge >= 0.3 is 5.97 Å². The third-order valence-electron chi connectivity index (χ3n) is 3.73. The fourth-order valence-corrected chi connectivity index (χ4v) is 2.63. The summed E-state index contributed by atoms with van der Waals surface area (Å²) in [4.78, 5) is 24.0. The number of rotatable bonds is 6. The summed E-state index contributed by atoms with van der Waals surface area (Å²) in [5.41, 5.74) is 7.54. The first-order valence-electron chi connectivity index (χ1n) is 8.39. The first-order valence-corrected chi connectivity index (χ1v) is 8.76. The number of esters is 1. The zero-order valence-electron chi connectivity index (χ0n) is 15.6. The van der Waals surface area contributed by atoms with Crippen molar-refractivity contribution in [3.05, 3.63) is 58.4 Å². The first-order chi connectivity index (χ1) is 13.8. The lowest BCUT2D eigenvalue weighted by molar-refractivity contribution is -0.139. The average molecular weight is 418 g/mol. The highest BCUT2D eigenvalue weighted by molar-refractivity contribution is 6.31. The number of nitrogens with zero attached hydrogens (tertiary/aromatic N) is 5. The van der Waals surface area contributed by atoms with E-state index >= 15 is 0 Å². The van der Waals surface area contributed by atoms with Crippen molar-refractivity contribution in [2.24, 2.45) is 7.05 Å². The number of halogens is 2. The highest BCUT2D eigenvalue weighted by atomic mass is 35.5. The van der Waals surface area contributed by atoms with Crippen LogP contribution in [0.1, 0.15) is 17.1 Å². The summed E-state index contributed by atoms with van der Waals surface area (Å²) >= 11 is 6.11. The molecule has 9 nitrogen and oxygen atoms in total. The number of nitrogens with one attached hydrogen (secondary N) is 1. The lowest BCUT2D eigenvalue weighted by atomic mass is 10.2. The van der Waals surface area contributed by atoms with Gasteiger partial charge in [0, 0.05) is 24.4 Å². The average Bonchev–Trinajstić information content (AvgIpc) is 2.91. The van der Waals surface area contributed by atoms with E-state index in [1.807, 2.05) is 0 Å². The smallest absolute Gasteiger partial charge is 0.331 e. The number of hydrogen-bond acceptors (Lipinski definition) is 8. The standard InChI is InChI=1S/C18H17ClFN7O2/c1-10-13(16(19)27(2)26-10)7-8-15(28)29-9-14-23-17(21)25-18(24-14)22-12-5-3-11(20)4-6-12/h3-8H,9H2,1-2H3,(H3,21,22,23,24,25)/b8-7+. The summed E-state index contributed by atoms with van der Waals surface area (Å²) in [6.07, 6.45) is 2.76. The Bertz CT molecular complexity index is 1070. The molecule has 3 aromatic rings. The minimum atomic E-state index is -0.614. The Hall–Kier alpha value is -3.53. The van der Waals surface area contributed by atoms with E-state index in [-0.39, 0.29) is 30.1 Å². The van der Waals surface area contributed by atoms with Gasteiger partial charge in [-0.05, 0) is 37.3 Å². The highest BCUT2D eigenvalue weighted by Crippen LogP contribution is 2.20. The van der Waals surface area contributed by atoms with Crippen molar-refractivity contribution in [3.8, 4) is 0 Å². The SMILES string of the molecule is Cc1nn(C)c(Cl)c1/C=C/C(=O)OCc1nc(N)nc(Nc2ccc(F)cc2)n1. The molecule has 0 bridgehead atoms. The Labute approximate surface area is 170 Å². The maximum absolute atomic E-state index is 13.0. The van der Waals surface area contributed by atoms with Crippen molar-refractivity contribution >= 4 is 41.2 Å². The second-order valence-electron chi connectivity index (χ2n) is 5.92.